The molecular weight excluding hydrogens is 259 g/mol. The van der Waals surface area contributed by atoms with Crippen LogP contribution in [0.2, 0.25) is 0 Å². The molecule has 0 amide bonds. The number of halogens is 2. The highest BCUT2D eigenvalue weighted by Gasteiger charge is 2.07. The van der Waals surface area contributed by atoms with Crippen LogP contribution in [-0.4, -0.2) is 5.78 Å². The highest BCUT2D eigenvalue weighted by Crippen LogP contribution is 2.17. The number of rotatable bonds is 5. The smallest absolute Gasteiger partial charge is 0.162 e. The summed E-state index contributed by atoms with van der Waals surface area (Å²) in [5.41, 5.74) is 0.430. The molecule has 0 fully saturated rings. The van der Waals surface area contributed by atoms with Crippen LogP contribution in [0.25, 0.3) is 0 Å². The van der Waals surface area contributed by atoms with Crippen LogP contribution in [0.4, 0.5) is 4.39 Å². The fourth-order valence-corrected chi connectivity index (χ4v) is 1.47. The van der Waals surface area contributed by atoms with Crippen LogP contribution in [0.5, 0.6) is 0 Å². The summed E-state index contributed by atoms with van der Waals surface area (Å²) < 4.78 is 13.5. The summed E-state index contributed by atoms with van der Waals surface area (Å²) in [6.45, 7) is 3.58. The molecule has 1 rings (SSSR count). The highest BCUT2D eigenvalue weighted by atomic mass is 79.9. The fraction of sp³-hybridized carbons (Fsp3) is 0.250. The zero-order chi connectivity index (χ0) is 11.3. The molecular formula is C12H12BrFO. The summed E-state index contributed by atoms with van der Waals surface area (Å²) in [4.78, 5) is 11.6. The molecule has 1 nitrogen and oxygen atoms in total. The standard InChI is InChI=1S/C12H12BrFO/c1-2-3-4-5-12(15)9-6-7-10(13)11(14)8-9/h2,6-8H,1,3-5H2. The quantitative estimate of drug-likeness (QED) is 0.447. The summed E-state index contributed by atoms with van der Waals surface area (Å²) >= 11 is 3.04. The zero-order valence-corrected chi connectivity index (χ0v) is 9.89. The number of benzene rings is 1. The van der Waals surface area contributed by atoms with Gasteiger partial charge in [0.2, 0.25) is 0 Å². The second-order valence-electron chi connectivity index (χ2n) is 3.23. The van der Waals surface area contributed by atoms with E-state index in [9.17, 15) is 9.18 Å². The second kappa shape index (κ2) is 5.81. The predicted octanol–water partition coefficient (Wildman–Crippen LogP) is 4.13. The summed E-state index contributed by atoms with van der Waals surface area (Å²) in [5, 5.41) is 0. The third kappa shape index (κ3) is 3.59. The Bertz CT molecular complexity index is 374. The molecule has 0 unspecified atom stereocenters. The SMILES string of the molecule is C=CCCCC(=O)c1ccc(Br)c(F)c1. The number of hydrogen-bond donors (Lipinski definition) is 0. The summed E-state index contributed by atoms with van der Waals surface area (Å²) in [5.74, 6) is -0.423. The van der Waals surface area contributed by atoms with Crippen LogP contribution in [0.1, 0.15) is 29.6 Å². The maximum Gasteiger partial charge on any atom is 0.162 e. The molecule has 0 atom stereocenters. The first-order valence-corrected chi connectivity index (χ1v) is 5.53. The Morgan fingerprint density at radius 2 is 2.27 bits per heavy atom. The van der Waals surface area contributed by atoms with Crippen molar-refractivity contribution in [1.29, 1.82) is 0 Å². The van der Waals surface area contributed by atoms with Crippen LogP contribution < -0.4 is 0 Å². The van der Waals surface area contributed by atoms with Gasteiger partial charge in [0.15, 0.2) is 5.78 Å². The molecule has 3 heteroatoms. The minimum atomic E-state index is -0.399. The fourth-order valence-electron chi connectivity index (χ4n) is 1.22. The molecule has 0 N–H and O–H groups in total. The molecule has 0 aromatic heterocycles. The molecule has 0 spiro atoms. The number of ketones is 1. The van der Waals surface area contributed by atoms with Crippen LogP contribution in [0.15, 0.2) is 35.3 Å². The number of allylic oxidation sites excluding steroid dienone is 1. The third-order valence-electron chi connectivity index (χ3n) is 2.05. The van der Waals surface area contributed by atoms with Gasteiger partial charge in [-0.2, -0.15) is 0 Å². The maximum absolute atomic E-state index is 13.1. The van der Waals surface area contributed by atoms with Gasteiger partial charge in [-0.15, -0.1) is 6.58 Å². The second-order valence-corrected chi connectivity index (χ2v) is 4.09. The molecule has 15 heavy (non-hydrogen) atoms. The van der Waals surface area contributed by atoms with Crippen molar-refractivity contribution in [2.75, 3.05) is 0 Å². The van der Waals surface area contributed by atoms with E-state index >= 15 is 0 Å². The van der Waals surface area contributed by atoms with E-state index in [1.54, 1.807) is 18.2 Å². The first-order valence-electron chi connectivity index (χ1n) is 4.74. The predicted molar refractivity (Wildman–Crippen MR) is 62.5 cm³/mol. The van der Waals surface area contributed by atoms with E-state index < -0.39 is 5.82 Å². The lowest BCUT2D eigenvalue weighted by Gasteiger charge is -2.01. The molecule has 1 aromatic carbocycles. The van der Waals surface area contributed by atoms with Crippen LogP contribution >= 0.6 is 15.9 Å². The zero-order valence-electron chi connectivity index (χ0n) is 8.30. The van der Waals surface area contributed by atoms with Crippen LogP contribution in [0, 0.1) is 5.82 Å². The van der Waals surface area contributed by atoms with Gasteiger partial charge in [0.1, 0.15) is 5.82 Å². The molecule has 1 aromatic rings. The lowest BCUT2D eigenvalue weighted by molar-refractivity contribution is 0.0980. The Labute approximate surface area is 97.1 Å². The van der Waals surface area contributed by atoms with E-state index in [4.69, 9.17) is 0 Å². The van der Waals surface area contributed by atoms with Crippen molar-refractivity contribution < 1.29 is 9.18 Å². The van der Waals surface area contributed by atoms with Crippen molar-refractivity contribution in [2.45, 2.75) is 19.3 Å². The van der Waals surface area contributed by atoms with Crippen molar-refractivity contribution in [3.8, 4) is 0 Å². The van der Waals surface area contributed by atoms with Crippen molar-refractivity contribution in [2.24, 2.45) is 0 Å². The van der Waals surface area contributed by atoms with E-state index in [1.165, 1.54) is 6.07 Å². The van der Waals surface area contributed by atoms with Gasteiger partial charge in [0, 0.05) is 12.0 Å². The Balaban J connectivity index is 2.65. The number of unbranched alkanes of at least 4 members (excludes halogenated alkanes) is 1. The largest absolute Gasteiger partial charge is 0.294 e. The van der Waals surface area contributed by atoms with Gasteiger partial charge in [-0.1, -0.05) is 12.1 Å². The maximum atomic E-state index is 13.1. The average molecular weight is 271 g/mol. The van der Waals surface area contributed by atoms with E-state index in [-0.39, 0.29) is 5.78 Å². The lowest BCUT2D eigenvalue weighted by atomic mass is 10.1. The molecule has 0 aliphatic carbocycles. The van der Waals surface area contributed by atoms with E-state index in [1.807, 2.05) is 0 Å². The molecule has 0 aliphatic rings. The van der Waals surface area contributed by atoms with Gasteiger partial charge in [0.05, 0.1) is 4.47 Å². The molecule has 0 heterocycles. The minimum Gasteiger partial charge on any atom is -0.294 e. The van der Waals surface area contributed by atoms with Gasteiger partial charge >= 0.3 is 0 Å². The van der Waals surface area contributed by atoms with Gasteiger partial charge in [-0.05, 0) is 40.9 Å². The average Bonchev–Trinajstić information content (AvgIpc) is 2.22. The summed E-state index contributed by atoms with van der Waals surface area (Å²) in [6.07, 6.45) is 3.79. The third-order valence-corrected chi connectivity index (χ3v) is 2.70. The Morgan fingerprint density at radius 1 is 1.53 bits per heavy atom. The van der Waals surface area contributed by atoms with Crippen molar-refractivity contribution in [3.63, 3.8) is 0 Å². The Hall–Kier alpha value is -0.960. The van der Waals surface area contributed by atoms with Gasteiger partial charge in [-0.3, -0.25) is 4.79 Å². The molecule has 80 valence electrons. The van der Waals surface area contributed by atoms with Crippen molar-refractivity contribution >= 4 is 21.7 Å². The molecule has 0 saturated carbocycles. The topological polar surface area (TPSA) is 17.1 Å². The molecule has 0 aliphatic heterocycles. The normalized spacial score (nSPS) is 10.0. The van der Waals surface area contributed by atoms with Crippen LogP contribution in [0.3, 0.4) is 0 Å². The molecule has 0 bridgehead atoms. The van der Waals surface area contributed by atoms with Crippen molar-refractivity contribution in [1.82, 2.24) is 0 Å². The Kier molecular flexibility index (Phi) is 4.69. The number of carbonyl (C=O) groups excluding carboxylic acids is 1. The minimum absolute atomic E-state index is 0.0248. The molecule has 0 radical (unpaired) electrons. The first-order chi connectivity index (χ1) is 7.15. The first kappa shape index (κ1) is 12.1. The van der Waals surface area contributed by atoms with E-state index in [0.29, 0.717) is 16.5 Å². The summed E-state index contributed by atoms with van der Waals surface area (Å²) in [7, 11) is 0. The van der Waals surface area contributed by atoms with Gasteiger partial charge in [0.25, 0.3) is 0 Å². The van der Waals surface area contributed by atoms with Crippen molar-refractivity contribution in [3.05, 3.63) is 46.7 Å². The van der Waals surface area contributed by atoms with Gasteiger partial charge < -0.3 is 0 Å². The van der Waals surface area contributed by atoms with E-state index in [0.717, 1.165) is 12.8 Å². The monoisotopic (exact) mass is 270 g/mol. The van der Waals surface area contributed by atoms with Gasteiger partial charge in [-0.25, -0.2) is 4.39 Å². The van der Waals surface area contributed by atoms with E-state index in [2.05, 4.69) is 22.5 Å². The Morgan fingerprint density at radius 3 is 2.87 bits per heavy atom. The molecule has 0 saturated heterocycles. The van der Waals surface area contributed by atoms with Crippen LogP contribution in [-0.2, 0) is 0 Å². The number of hydrogen-bond acceptors (Lipinski definition) is 1. The number of Topliss-reactive ketones (excluding diaryl/α,β-unsaturated/α-hetero) is 1. The summed E-state index contributed by atoms with van der Waals surface area (Å²) in [6, 6.07) is 4.44. The number of carbonyl (C=O) groups is 1. The lowest BCUT2D eigenvalue weighted by Crippen LogP contribution is -1.99. The highest BCUT2D eigenvalue weighted by molar-refractivity contribution is 9.10.